The molecule has 4 heteroatoms. The van der Waals surface area contributed by atoms with Gasteiger partial charge in [0, 0.05) is 35.8 Å². The number of hydrogen-bond donors (Lipinski definition) is 1. The first-order valence-corrected chi connectivity index (χ1v) is 10.0. The molecule has 1 aliphatic heterocycles. The van der Waals surface area contributed by atoms with Gasteiger partial charge in [0.25, 0.3) is 0 Å². The number of nitriles is 1. The van der Waals surface area contributed by atoms with Gasteiger partial charge in [0.05, 0.1) is 18.2 Å². The van der Waals surface area contributed by atoms with Crippen LogP contribution in [0.25, 0.3) is 0 Å². The molecular weight excluding hydrogens is 348 g/mol. The molecule has 1 heterocycles. The van der Waals surface area contributed by atoms with E-state index >= 15 is 0 Å². The third-order valence-corrected chi connectivity index (χ3v) is 6.33. The van der Waals surface area contributed by atoms with Crippen LogP contribution in [0.3, 0.4) is 0 Å². The van der Waals surface area contributed by atoms with Crippen molar-refractivity contribution in [2.75, 3.05) is 18.1 Å². The monoisotopic (exact) mass is 370 g/mol. The van der Waals surface area contributed by atoms with Crippen LogP contribution < -0.4 is 4.90 Å². The normalized spacial score (nSPS) is 20.1. The van der Waals surface area contributed by atoms with Gasteiger partial charge in [-0.1, -0.05) is 18.2 Å². The van der Waals surface area contributed by atoms with Gasteiger partial charge in [0.15, 0.2) is 5.78 Å². The molecule has 0 bridgehead atoms. The summed E-state index contributed by atoms with van der Waals surface area (Å²) in [5, 5.41) is 19.1. The van der Waals surface area contributed by atoms with Crippen molar-refractivity contribution in [3.05, 3.63) is 75.5 Å². The van der Waals surface area contributed by atoms with E-state index in [0.29, 0.717) is 18.5 Å². The van der Waals surface area contributed by atoms with Crippen molar-refractivity contribution in [2.24, 2.45) is 0 Å². The molecule has 0 spiro atoms. The number of allylic oxidation sites excluding steroid dienone is 2. The molecule has 0 amide bonds. The number of Topliss-reactive ketones (excluding diaryl/α,β-unsaturated/α-hetero) is 1. The van der Waals surface area contributed by atoms with Crippen molar-refractivity contribution in [3.63, 3.8) is 0 Å². The van der Waals surface area contributed by atoms with E-state index in [1.54, 1.807) is 6.07 Å². The van der Waals surface area contributed by atoms with Crippen LogP contribution in [0, 0.1) is 11.3 Å². The van der Waals surface area contributed by atoms with Crippen molar-refractivity contribution < 1.29 is 9.90 Å². The quantitative estimate of drug-likeness (QED) is 0.896. The molecule has 1 unspecified atom stereocenters. The number of anilines is 1. The second kappa shape index (κ2) is 6.61. The largest absolute Gasteiger partial charge is 0.395 e. The predicted octanol–water partition coefficient (Wildman–Crippen LogP) is 3.61. The number of nitrogens with zero attached hydrogens (tertiary/aromatic N) is 2. The molecule has 4 nitrogen and oxygen atoms in total. The van der Waals surface area contributed by atoms with E-state index in [9.17, 15) is 15.2 Å². The Morgan fingerprint density at radius 2 is 1.93 bits per heavy atom. The van der Waals surface area contributed by atoms with Gasteiger partial charge in [-0.25, -0.2) is 0 Å². The van der Waals surface area contributed by atoms with Crippen molar-refractivity contribution in [2.45, 2.75) is 38.0 Å². The number of fused-ring (bicyclic) bond motifs is 2. The number of rotatable bonds is 3. The minimum Gasteiger partial charge on any atom is -0.395 e. The maximum atomic E-state index is 12.9. The third-order valence-electron chi connectivity index (χ3n) is 6.33. The smallest absolute Gasteiger partial charge is 0.161 e. The van der Waals surface area contributed by atoms with Crippen LogP contribution in [-0.2, 0) is 17.6 Å². The van der Waals surface area contributed by atoms with E-state index in [4.69, 9.17) is 0 Å². The molecule has 2 aromatic rings. The summed E-state index contributed by atoms with van der Waals surface area (Å²) in [6.45, 7) is 0.554. The Bertz CT molecular complexity index is 1060. The first-order chi connectivity index (χ1) is 13.7. The summed E-state index contributed by atoms with van der Waals surface area (Å²) in [5.41, 5.74) is 8.55. The fraction of sp³-hybridized carbons (Fsp3) is 0.333. The first kappa shape index (κ1) is 17.2. The maximum absolute atomic E-state index is 12.9. The van der Waals surface area contributed by atoms with Gasteiger partial charge in [-0.3, -0.25) is 4.79 Å². The number of aryl methyl sites for hydroxylation is 2. The van der Waals surface area contributed by atoms with Gasteiger partial charge in [-0.2, -0.15) is 5.26 Å². The fourth-order valence-corrected chi connectivity index (χ4v) is 5.16. The summed E-state index contributed by atoms with van der Waals surface area (Å²) in [5.74, 6) is 0.0607. The highest BCUT2D eigenvalue weighted by Crippen LogP contribution is 2.50. The van der Waals surface area contributed by atoms with Gasteiger partial charge in [-0.05, 0) is 66.1 Å². The third kappa shape index (κ3) is 2.51. The van der Waals surface area contributed by atoms with Crippen LogP contribution in [0.2, 0.25) is 0 Å². The fourth-order valence-electron chi connectivity index (χ4n) is 5.16. The van der Waals surface area contributed by atoms with Crippen LogP contribution in [-0.4, -0.2) is 24.0 Å². The van der Waals surface area contributed by atoms with Gasteiger partial charge < -0.3 is 10.0 Å². The van der Waals surface area contributed by atoms with Crippen LogP contribution in [0.4, 0.5) is 5.69 Å². The molecule has 1 N–H and O–H groups in total. The van der Waals surface area contributed by atoms with Crippen molar-refractivity contribution >= 4 is 11.5 Å². The maximum Gasteiger partial charge on any atom is 0.161 e. The zero-order valence-corrected chi connectivity index (χ0v) is 15.7. The Morgan fingerprint density at radius 3 is 2.71 bits per heavy atom. The second-order valence-corrected chi connectivity index (χ2v) is 7.86. The highest BCUT2D eigenvalue weighted by Gasteiger charge is 2.40. The molecule has 140 valence electrons. The number of carbonyl (C=O) groups is 1. The molecule has 0 aromatic heterocycles. The van der Waals surface area contributed by atoms with E-state index < -0.39 is 0 Å². The van der Waals surface area contributed by atoms with Crippen LogP contribution in [0.1, 0.15) is 53.0 Å². The zero-order chi connectivity index (χ0) is 19.3. The zero-order valence-electron chi connectivity index (χ0n) is 15.7. The summed E-state index contributed by atoms with van der Waals surface area (Å²) in [6, 6.07) is 14.4. The Kier molecular flexibility index (Phi) is 4.07. The lowest BCUT2D eigenvalue weighted by Crippen LogP contribution is -2.32. The SMILES string of the molecule is N#Cc1cccc(C2C3=C(CCC3=O)N(CCO)c3cc4c(cc32)CCC4)c1. The number of ketones is 1. The van der Waals surface area contributed by atoms with E-state index in [2.05, 4.69) is 23.1 Å². The Morgan fingerprint density at radius 1 is 1.11 bits per heavy atom. The molecule has 3 aliphatic rings. The molecule has 1 atom stereocenters. The van der Waals surface area contributed by atoms with E-state index in [0.717, 1.165) is 47.3 Å². The van der Waals surface area contributed by atoms with Crippen molar-refractivity contribution in [1.82, 2.24) is 0 Å². The summed E-state index contributed by atoms with van der Waals surface area (Å²) >= 11 is 0. The summed E-state index contributed by atoms with van der Waals surface area (Å²) in [7, 11) is 0. The molecular formula is C24H22N2O2. The number of carbonyl (C=O) groups excluding carboxylic acids is 1. The molecule has 0 fully saturated rings. The van der Waals surface area contributed by atoms with Gasteiger partial charge in [0.2, 0.25) is 0 Å². The Balaban J connectivity index is 1.77. The molecule has 5 rings (SSSR count). The topological polar surface area (TPSA) is 64.3 Å². The van der Waals surface area contributed by atoms with Crippen molar-refractivity contribution in [3.8, 4) is 6.07 Å². The molecule has 2 aromatic carbocycles. The van der Waals surface area contributed by atoms with Gasteiger partial charge >= 0.3 is 0 Å². The molecule has 0 saturated heterocycles. The molecule has 0 saturated carbocycles. The lowest BCUT2D eigenvalue weighted by Gasteiger charge is -2.37. The lowest BCUT2D eigenvalue weighted by molar-refractivity contribution is -0.115. The van der Waals surface area contributed by atoms with E-state index in [-0.39, 0.29) is 18.3 Å². The number of β-amino-alcohol motifs (C(OH)–C–C–N with tert-alkyl or cyclic N) is 1. The van der Waals surface area contributed by atoms with Crippen LogP contribution >= 0.6 is 0 Å². The standard InChI is InChI=1S/C24H22N2O2/c25-14-15-3-1-6-18(11-15)23-19-12-16-4-2-5-17(16)13-21(19)26(9-10-27)20-7-8-22(28)24(20)23/h1,3,6,11-13,23,27H,2,4-5,7-10H2. The minimum absolute atomic E-state index is 0.0517. The van der Waals surface area contributed by atoms with E-state index in [1.807, 2.05) is 18.2 Å². The Labute approximate surface area is 164 Å². The van der Waals surface area contributed by atoms with Gasteiger partial charge in [-0.15, -0.1) is 0 Å². The highest BCUT2D eigenvalue weighted by molar-refractivity contribution is 6.03. The highest BCUT2D eigenvalue weighted by atomic mass is 16.3. The van der Waals surface area contributed by atoms with Crippen molar-refractivity contribution in [1.29, 1.82) is 5.26 Å². The molecule has 0 radical (unpaired) electrons. The summed E-state index contributed by atoms with van der Waals surface area (Å²) in [6.07, 6.45) is 4.58. The van der Waals surface area contributed by atoms with E-state index in [1.165, 1.54) is 17.5 Å². The molecule has 2 aliphatic carbocycles. The summed E-state index contributed by atoms with van der Waals surface area (Å²) < 4.78 is 0. The number of hydrogen-bond acceptors (Lipinski definition) is 4. The Hall–Kier alpha value is -2.90. The number of aliphatic hydroxyl groups is 1. The average Bonchev–Trinajstić information content (AvgIpc) is 3.33. The molecule has 28 heavy (non-hydrogen) atoms. The predicted molar refractivity (Wildman–Crippen MR) is 107 cm³/mol. The van der Waals surface area contributed by atoms with Crippen LogP contribution in [0.15, 0.2) is 47.7 Å². The lowest BCUT2D eigenvalue weighted by atomic mass is 9.78. The summed E-state index contributed by atoms with van der Waals surface area (Å²) in [4.78, 5) is 15.1. The number of benzene rings is 2. The number of aliphatic hydroxyl groups excluding tert-OH is 1. The first-order valence-electron chi connectivity index (χ1n) is 10.0. The second-order valence-electron chi connectivity index (χ2n) is 7.86. The van der Waals surface area contributed by atoms with Gasteiger partial charge in [0.1, 0.15) is 0 Å². The van der Waals surface area contributed by atoms with Crippen LogP contribution in [0.5, 0.6) is 0 Å². The minimum atomic E-state index is -0.130. The average molecular weight is 370 g/mol.